The van der Waals surface area contributed by atoms with Crippen molar-refractivity contribution in [2.24, 2.45) is 0 Å². The van der Waals surface area contributed by atoms with E-state index in [1.807, 2.05) is 0 Å². The zero-order valence-electron chi connectivity index (χ0n) is 12.8. The Morgan fingerprint density at radius 1 is 1.04 bits per heavy atom. The number of alkyl halides is 2. The number of Topliss-reactive ketones (excluding diaryl/α,β-unsaturated/α-hetero) is 1. The van der Waals surface area contributed by atoms with Gasteiger partial charge in [0.1, 0.15) is 5.69 Å². The van der Waals surface area contributed by atoms with E-state index in [0.29, 0.717) is 22.6 Å². The molecule has 0 N–H and O–H groups in total. The van der Waals surface area contributed by atoms with Gasteiger partial charge in [0.05, 0.1) is 5.69 Å². The van der Waals surface area contributed by atoms with E-state index >= 15 is 0 Å². The molecule has 0 spiro atoms. The van der Waals surface area contributed by atoms with Crippen molar-refractivity contribution in [2.45, 2.75) is 13.3 Å². The number of aromatic nitrogens is 3. The Morgan fingerprint density at radius 3 is 2.38 bits per heavy atom. The van der Waals surface area contributed by atoms with Crippen molar-refractivity contribution in [3.63, 3.8) is 0 Å². The predicted molar refractivity (Wildman–Crippen MR) is 85.7 cm³/mol. The van der Waals surface area contributed by atoms with Crippen LogP contribution in [0.2, 0.25) is 0 Å². The maximum Gasteiger partial charge on any atom is 0.263 e. The Morgan fingerprint density at radius 2 is 1.79 bits per heavy atom. The first-order valence-electron chi connectivity index (χ1n) is 7.23. The van der Waals surface area contributed by atoms with Gasteiger partial charge in [0.25, 0.3) is 6.43 Å². The average Bonchev–Trinajstić information content (AvgIpc) is 2.62. The summed E-state index contributed by atoms with van der Waals surface area (Å²) in [6, 6.07) is 10.9. The van der Waals surface area contributed by atoms with Crippen LogP contribution in [0, 0.1) is 0 Å². The number of nitrogens with zero attached hydrogens (tertiary/aromatic N) is 3. The molecule has 0 radical (unpaired) electrons. The third-order valence-corrected chi connectivity index (χ3v) is 3.47. The van der Waals surface area contributed by atoms with Crippen LogP contribution in [0.4, 0.5) is 8.78 Å². The lowest BCUT2D eigenvalue weighted by molar-refractivity contribution is 0.101. The summed E-state index contributed by atoms with van der Waals surface area (Å²) in [5.41, 5.74) is 2.00. The summed E-state index contributed by atoms with van der Waals surface area (Å²) in [4.78, 5) is 24.5. The Labute approximate surface area is 137 Å². The summed E-state index contributed by atoms with van der Waals surface area (Å²) in [6.45, 7) is 1.42. The first kappa shape index (κ1) is 15.9. The first-order chi connectivity index (χ1) is 11.5. The fourth-order valence-electron chi connectivity index (χ4n) is 2.20. The molecule has 4 nitrogen and oxygen atoms in total. The second kappa shape index (κ2) is 6.62. The molecule has 1 aromatic carbocycles. The Kier molecular flexibility index (Phi) is 4.37. The van der Waals surface area contributed by atoms with Crippen LogP contribution in [-0.4, -0.2) is 20.7 Å². The monoisotopic (exact) mass is 325 g/mol. The molecule has 0 atom stereocenters. The largest absolute Gasteiger partial charge is 0.293 e. The molecule has 24 heavy (non-hydrogen) atoms. The second-order valence-corrected chi connectivity index (χ2v) is 5.18. The van der Waals surface area contributed by atoms with Gasteiger partial charge in [0.2, 0.25) is 0 Å². The van der Waals surface area contributed by atoms with Crippen molar-refractivity contribution in [3.8, 4) is 22.6 Å². The number of benzene rings is 1. The van der Waals surface area contributed by atoms with Crippen LogP contribution in [0.25, 0.3) is 22.6 Å². The maximum atomic E-state index is 12.7. The average molecular weight is 325 g/mol. The molecule has 0 fully saturated rings. The van der Waals surface area contributed by atoms with Crippen LogP contribution >= 0.6 is 0 Å². The third kappa shape index (κ3) is 3.32. The molecule has 0 aliphatic heterocycles. The van der Waals surface area contributed by atoms with Gasteiger partial charge in [-0.2, -0.15) is 0 Å². The SMILES string of the molecule is CC(=O)c1cc(-c2ccc(C(F)F)cc2)nc(-c2cccnc2)n1. The van der Waals surface area contributed by atoms with Gasteiger partial charge in [0, 0.05) is 36.0 Å². The van der Waals surface area contributed by atoms with Crippen molar-refractivity contribution in [1.29, 1.82) is 0 Å². The van der Waals surface area contributed by atoms with E-state index in [0.717, 1.165) is 0 Å². The fraction of sp³-hybridized carbons (Fsp3) is 0.111. The van der Waals surface area contributed by atoms with Gasteiger partial charge in [-0.05, 0) is 18.2 Å². The molecule has 0 aliphatic carbocycles. The third-order valence-electron chi connectivity index (χ3n) is 3.47. The van der Waals surface area contributed by atoms with E-state index < -0.39 is 6.43 Å². The molecule has 120 valence electrons. The number of hydrogen-bond donors (Lipinski definition) is 0. The Balaban J connectivity index is 2.10. The smallest absolute Gasteiger partial charge is 0.263 e. The molecule has 0 amide bonds. The van der Waals surface area contributed by atoms with Crippen LogP contribution in [0.15, 0.2) is 54.9 Å². The molecule has 0 saturated heterocycles. The summed E-state index contributed by atoms with van der Waals surface area (Å²) in [7, 11) is 0. The summed E-state index contributed by atoms with van der Waals surface area (Å²) >= 11 is 0. The lowest BCUT2D eigenvalue weighted by atomic mass is 10.1. The highest BCUT2D eigenvalue weighted by molar-refractivity contribution is 5.93. The normalized spacial score (nSPS) is 10.8. The highest BCUT2D eigenvalue weighted by atomic mass is 19.3. The van der Waals surface area contributed by atoms with Crippen molar-refractivity contribution in [2.75, 3.05) is 0 Å². The highest BCUT2D eigenvalue weighted by Crippen LogP contribution is 2.25. The predicted octanol–water partition coefficient (Wildman–Crippen LogP) is 4.35. The van der Waals surface area contributed by atoms with Crippen molar-refractivity contribution >= 4 is 5.78 Å². The van der Waals surface area contributed by atoms with E-state index in [-0.39, 0.29) is 17.0 Å². The van der Waals surface area contributed by atoms with Gasteiger partial charge in [-0.15, -0.1) is 0 Å². The van der Waals surface area contributed by atoms with E-state index in [4.69, 9.17) is 0 Å². The molecule has 0 unspecified atom stereocenters. The number of ketones is 1. The molecule has 0 bridgehead atoms. The number of halogens is 2. The lowest BCUT2D eigenvalue weighted by Crippen LogP contribution is -2.02. The molecular formula is C18H13F2N3O. The number of pyridine rings is 1. The number of carbonyl (C=O) groups excluding carboxylic acids is 1. The van der Waals surface area contributed by atoms with Crippen LogP contribution in [0.5, 0.6) is 0 Å². The van der Waals surface area contributed by atoms with E-state index in [1.165, 1.54) is 19.1 Å². The minimum atomic E-state index is -2.52. The van der Waals surface area contributed by atoms with Gasteiger partial charge in [-0.25, -0.2) is 18.7 Å². The summed E-state index contributed by atoms with van der Waals surface area (Å²) < 4.78 is 25.4. The number of carbonyl (C=O) groups is 1. The van der Waals surface area contributed by atoms with Gasteiger partial charge in [0.15, 0.2) is 11.6 Å². The Hall–Kier alpha value is -3.02. The van der Waals surface area contributed by atoms with E-state index in [9.17, 15) is 13.6 Å². The highest BCUT2D eigenvalue weighted by Gasteiger charge is 2.12. The zero-order valence-corrected chi connectivity index (χ0v) is 12.8. The van der Waals surface area contributed by atoms with E-state index in [1.54, 1.807) is 42.7 Å². The topological polar surface area (TPSA) is 55.7 Å². The van der Waals surface area contributed by atoms with Gasteiger partial charge in [-0.3, -0.25) is 9.78 Å². The molecule has 3 rings (SSSR count). The van der Waals surface area contributed by atoms with E-state index in [2.05, 4.69) is 15.0 Å². The zero-order chi connectivity index (χ0) is 17.1. The lowest BCUT2D eigenvalue weighted by Gasteiger charge is -2.08. The number of rotatable bonds is 4. The van der Waals surface area contributed by atoms with Gasteiger partial charge < -0.3 is 0 Å². The molecule has 3 aromatic rings. The molecule has 2 aromatic heterocycles. The Bertz CT molecular complexity index is 865. The first-order valence-corrected chi connectivity index (χ1v) is 7.23. The summed E-state index contributed by atoms with van der Waals surface area (Å²) in [5, 5.41) is 0. The molecule has 2 heterocycles. The van der Waals surface area contributed by atoms with Crippen molar-refractivity contribution in [1.82, 2.24) is 15.0 Å². The minimum Gasteiger partial charge on any atom is -0.293 e. The van der Waals surface area contributed by atoms with Crippen LogP contribution in [0.1, 0.15) is 29.4 Å². The van der Waals surface area contributed by atoms with Gasteiger partial charge in [-0.1, -0.05) is 24.3 Å². The number of hydrogen-bond acceptors (Lipinski definition) is 4. The molecule has 0 saturated carbocycles. The second-order valence-electron chi connectivity index (χ2n) is 5.18. The quantitative estimate of drug-likeness (QED) is 0.669. The summed E-state index contributed by atoms with van der Waals surface area (Å²) in [5.74, 6) is 0.164. The van der Waals surface area contributed by atoms with Crippen LogP contribution < -0.4 is 0 Å². The summed E-state index contributed by atoms with van der Waals surface area (Å²) in [6.07, 6.45) is 0.703. The van der Waals surface area contributed by atoms with Crippen molar-refractivity contribution < 1.29 is 13.6 Å². The molecular weight excluding hydrogens is 312 g/mol. The molecule has 6 heteroatoms. The van der Waals surface area contributed by atoms with Crippen molar-refractivity contribution in [3.05, 3.63) is 66.1 Å². The van der Waals surface area contributed by atoms with Crippen LogP contribution in [0.3, 0.4) is 0 Å². The van der Waals surface area contributed by atoms with Crippen LogP contribution in [-0.2, 0) is 0 Å². The fourth-order valence-corrected chi connectivity index (χ4v) is 2.20. The maximum absolute atomic E-state index is 12.7. The standard InChI is InChI=1S/C18H13F2N3O/c1-11(24)15-9-16(12-4-6-13(7-5-12)17(19)20)23-18(22-15)14-3-2-8-21-10-14/h2-10,17H,1H3. The van der Waals surface area contributed by atoms with Gasteiger partial charge >= 0.3 is 0 Å². The molecule has 0 aliphatic rings. The minimum absolute atomic E-state index is 0.0629.